The van der Waals surface area contributed by atoms with Gasteiger partial charge in [0.15, 0.2) is 5.60 Å². The Morgan fingerprint density at radius 1 is 1.09 bits per heavy atom. The third kappa shape index (κ3) is 2.73. The van der Waals surface area contributed by atoms with Gasteiger partial charge in [-0.3, -0.25) is 4.79 Å². The van der Waals surface area contributed by atoms with Crippen molar-refractivity contribution in [2.45, 2.75) is 43.6 Å². The van der Waals surface area contributed by atoms with Crippen molar-refractivity contribution in [2.75, 3.05) is 13.1 Å². The van der Waals surface area contributed by atoms with Gasteiger partial charge in [0.2, 0.25) is 0 Å². The number of rotatable bonds is 3. The first kappa shape index (κ1) is 15.0. The van der Waals surface area contributed by atoms with Gasteiger partial charge in [-0.25, -0.2) is 4.79 Å². The third-order valence-electron chi connectivity index (χ3n) is 5.01. The molecule has 0 spiro atoms. The molecule has 5 heteroatoms. The van der Waals surface area contributed by atoms with Gasteiger partial charge in [0.05, 0.1) is 0 Å². The van der Waals surface area contributed by atoms with Gasteiger partial charge in [0.25, 0.3) is 5.91 Å². The highest BCUT2D eigenvalue weighted by Crippen LogP contribution is 2.36. The molecule has 1 saturated heterocycles. The van der Waals surface area contributed by atoms with Gasteiger partial charge in [-0.2, -0.15) is 0 Å². The SMILES string of the molecule is O=C(c1ccc(C2CCC2)cc1)N1CCC(O)(C(=O)O)CC1. The zero-order chi connectivity index (χ0) is 15.7. The van der Waals surface area contributed by atoms with Crippen molar-refractivity contribution in [3.8, 4) is 0 Å². The van der Waals surface area contributed by atoms with E-state index in [1.807, 2.05) is 24.3 Å². The van der Waals surface area contributed by atoms with Crippen LogP contribution in [0.3, 0.4) is 0 Å². The Morgan fingerprint density at radius 3 is 2.14 bits per heavy atom. The van der Waals surface area contributed by atoms with Crippen molar-refractivity contribution in [3.05, 3.63) is 35.4 Å². The van der Waals surface area contributed by atoms with Crippen molar-refractivity contribution in [2.24, 2.45) is 0 Å². The van der Waals surface area contributed by atoms with Crippen LogP contribution in [0.25, 0.3) is 0 Å². The fourth-order valence-electron chi connectivity index (χ4n) is 3.12. The van der Waals surface area contributed by atoms with E-state index < -0.39 is 11.6 Å². The van der Waals surface area contributed by atoms with Crippen molar-refractivity contribution in [1.29, 1.82) is 0 Å². The monoisotopic (exact) mass is 303 g/mol. The number of hydrogen-bond acceptors (Lipinski definition) is 3. The first-order chi connectivity index (χ1) is 10.5. The minimum atomic E-state index is -1.69. The minimum Gasteiger partial charge on any atom is -0.479 e. The molecule has 1 aliphatic heterocycles. The number of aliphatic carboxylic acids is 1. The normalized spacial score (nSPS) is 21.2. The second kappa shape index (κ2) is 5.72. The molecule has 0 bridgehead atoms. The van der Waals surface area contributed by atoms with Crippen LogP contribution in [0.2, 0.25) is 0 Å². The fourth-order valence-corrected chi connectivity index (χ4v) is 3.12. The maximum absolute atomic E-state index is 12.4. The molecule has 1 heterocycles. The summed E-state index contributed by atoms with van der Waals surface area (Å²) < 4.78 is 0. The van der Waals surface area contributed by atoms with Gasteiger partial charge >= 0.3 is 5.97 Å². The summed E-state index contributed by atoms with van der Waals surface area (Å²) in [6, 6.07) is 7.76. The molecular formula is C17H21NO4. The van der Waals surface area contributed by atoms with Crippen LogP contribution >= 0.6 is 0 Å². The Labute approximate surface area is 129 Å². The van der Waals surface area contributed by atoms with Crippen LogP contribution in [0.1, 0.15) is 53.9 Å². The number of nitrogens with zero attached hydrogens (tertiary/aromatic N) is 1. The maximum atomic E-state index is 12.4. The van der Waals surface area contributed by atoms with Crippen molar-refractivity contribution in [1.82, 2.24) is 4.90 Å². The van der Waals surface area contributed by atoms with E-state index in [0.29, 0.717) is 11.5 Å². The van der Waals surface area contributed by atoms with E-state index in [0.717, 1.165) is 0 Å². The summed E-state index contributed by atoms with van der Waals surface area (Å²) >= 11 is 0. The highest BCUT2D eigenvalue weighted by molar-refractivity contribution is 5.94. The molecule has 1 amide bonds. The number of aliphatic hydroxyl groups is 1. The van der Waals surface area contributed by atoms with Crippen molar-refractivity contribution in [3.63, 3.8) is 0 Å². The van der Waals surface area contributed by atoms with Gasteiger partial charge in [-0.15, -0.1) is 0 Å². The number of carboxylic acid groups (broad SMARTS) is 1. The van der Waals surface area contributed by atoms with E-state index >= 15 is 0 Å². The molecular weight excluding hydrogens is 282 g/mol. The van der Waals surface area contributed by atoms with Gasteiger partial charge in [0, 0.05) is 31.5 Å². The first-order valence-electron chi connectivity index (χ1n) is 7.85. The number of carboxylic acids is 1. The second-order valence-corrected chi connectivity index (χ2v) is 6.38. The van der Waals surface area contributed by atoms with E-state index in [9.17, 15) is 14.7 Å². The van der Waals surface area contributed by atoms with Crippen LogP contribution in [0.15, 0.2) is 24.3 Å². The van der Waals surface area contributed by atoms with Crippen LogP contribution in [0.4, 0.5) is 0 Å². The standard InChI is InChI=1S/C17H21NO4/c19-15(18-10-8-17(22,9-11-18)16(20)21)14-6-4-13(5-7-14)12-2-1-3-12/h4-7,12,22H,1-3,8-11H2,(H,20,21). The lowest BCUT2D eigenvalue weighted by molar-refractivity contribution is -0.162. The van der Waals surface area contributed by atoms with E-state index in [2.05, 4.69) is 0 Å². The van der Waals surface area contributed by atoms with Gasteiger partial charge < -0.3 is 15.1 Å². The average Bonchev–Trinajstić information content (AvgIpc) is 2.46. The molecule has 2 N–H and O–H groups in total. The Bertz CT molecular complexity index is 569. The largest absolute Gasteiger partial charge is 0.479 e. The molecule has 1 aromatic carbocycles. The molecule has 0 atom stereocenters. The smallest absolute Gasteiger partial charge is 0.335 e. The molecule has 0 aromatic heterocycles. The summed E-state index contributed by atoms with van der Waals surface area (Å²) in [7, 11) is 0. The highest BCUT2D eigenvalue weighted by Gasteiger charge is 2.40. The van der Waals surface area contributed by atoms with E-state index in [1.54, 1.807) is 4.90 Å². The lowest BCUT2D eigenvalue weighted by atomic mass is 9.80. The summed E-state index contributed by atoms with van der Waals surface area (Å²) in [6.45, 7) is 0.540. The number of amides is 1. The van der Waals surface area contributed by atoms with E-state index in [-0.39, 0.29) is 31.8 Å². The summed E-state index contributed by atoms with van der Waals surface area (Å²) in [5.41, 5.74) is 0.232. The Morgan fingerprint density at radius 2 is 1.68 bits per heavy atom. The number of carbonyl (C=O) groups is 2. The molecule has 1 saturated carbocycles. The predicted molar refractivity (Wildman–Crippen MR) is 80.8 cm³/mol. The zero-order valence-corrected chi connectivity index (χ0v) is 12.5. The third-order valence-corrected chi connectivity index (χ3v) is 5.01. The second-order valence-electron chi connectivity index (χ2n) is 6.38. The number of carbonyl (C=O) groups excluding carboxylic acids is 1. The average molecular weight is 303 g/mol. The molecule has 2 fully saturated rings. The summed E-state index contributed by atoms with van der Waals surface area (Å²) in [4.78, 5) is 25.1. The Hall–Kier alpha value is -1.88. The Balaban J connectivity index is 1.63. The van der Waals surface area contributed by atoms with Crippen LogP contribution in [0.5, 0.6) is 0 Å². The van der Waals surface area contributed by atoms with Gasteiger partial charge in [-0.05, 0) is 36.5 Å². The molecule has 1 aromatic rings. The van der Waals surface area contributed by atoms with Crippen molar-refractivity contribution >= 4 is 11.9 Å². The maximum Gasteiger partial charge on any atom is 0.335 e. The van der Waals surface area contributed by atoms with E-state index in [4.69, 9.17) is 5.11 Å². The van der Waals surface area contributed by atoms with Crippen molar-refractivity contribution < 1.29 is 19.8 Å². The topological polar surface area (TPSA) is 77.8 Å². The summed E-state index contributed by atoms with van der Waals surface area (Å²) in [6.07, 6.45) is 3.90. The van der Waals surface area contributed by atoms with Gasteiger partial charge in [-0.1, -0.05) is 18.6 Å². The summed E-state index contributed by atoms with van der Waals surface area (Å²) in [5.74, 6) is -0.651. The molecule has 3 rings (SSSR count). The number of likely N-dealkylation sites (tertiary alicyclic amines) is 1. The lowest BCUT2D eigenvalue weighted by Crippen LogP contribution is -2.50. The molecule has 118 valence electrons. The lowest BCUT2D eigenvalue weighted by Gasteiger charge is -2.35. The predicted octanol–water partition coefficient (Wildman–Crippen LogP) is 2.01. The zero-order valence-electron chi connectivity index (χ0n) is 12.5. The molecule has 0 radical (unpaired) electrons. The quantitative estimate of drug-likeness (QED) is 0.895. The van der Waals surface area contributed by atoms with Crippen LogP contribution < -0.4 is 0 Å². The molecule has 2 aliphatic rings. The number of benzene rings is 1. The van der Waals surface area contributed by atoms with Crippen LogP contribution in [0, 0.1) is 0 Å². The number of piperidine rings is 1. The minimum absolute atomic E-state index is 0.0776. The molecule has 5 nitrogen and oxygen atoms in total. The molecule has 1 aliphatic carbocycles. The molecule has 0 unspecified atom stereocenters. The highest BCUT2D eigenvalue weighted by atomic mass is 16.4. The van der Waals surface area contributed by atoms with Gasteiger partial charge in [0.1, 0.15) is 0 Å². The fraction of sp³-hybridized carbons (Fsp3) is 0.529. The van der Waals surface area contributed by atoms with Crippen LogP contribution in [-0.2, 0) is 4.79 Å². The van der Waals surface area contributed by atoms with Crippen LogP contribution in [-0.4, -0.2) is 45.7 Å². The molecule has 22 heavy (non-hydrogen) atoms. The number of hydrogen-bond donors (Lipinski definition) is 2. The Kier molecular flexibility index (Phi) is 3.91. The first-order valence-corrected chi connectivity index (χ1v) is 7.85. The van der Waals surface area contributed by atoms with E-state index in [1.165, 1.54) is 24.8 Å². The summed E-state index contributed by atoms with van der Waals surface area (Å²) in [5, 5.41) is 18.9.